The van der Waals surface area contributed by atoms with E-state index in [1.54, 1.807) is 17.4 Å². The van der Waals surface area contributed by atoms with E-state index in [2.05, 4.69) is 6.92 Å². The van der Waals surface area contributed by atoms with Gasteiger partial charge in [-0.05, 0) is 67.0 Å². The van der Waals surface area contributed by atoms with Gasteiger partial charge in [-0.1, -0.05) is 54.1 Å². The number of ether oxygens (including phenoxy) is 2. The van der Waals surface area contributed by atoms with Crippen LogP contribution in [0, 0.1) is 17.8 Å². The maximum Gasteiger partial charge on any atom is 0.234 e. The predicted octanol–water partition coefficient (Wildman–Crippen LogP) is 6.23. The third kappa shape index (κ3) is 5.23. The predicted molar refractivity (Wildman–Crippen MR) is 155 cm³/mol. The van der Waals surface area contributed by atoms with Crippen molar-refractivity contribution >= 4 is 29.2 Å². The van der Waals surface area contributed by atoms with Crippen LogP contribution in [0.2, 0.25) is 0 Å². The van der Waals surface area contributed by atoms with Gasteiger partial charge in [-0.3, -0.25) is 14.5 Å². The molecule has 40 heavy (non-hydrogen) atoms. The van der Waals surface area contributed by atoms with E-state index in [4.69, 9.17) is 9.47 Å². The molecule has 0 spiro atoms. The zero-order valence-electron chi connectivity index (χ0n) is 22.5. The molecule has 6 nitrogen and oxygen atoms in total. The minimum atomic E-state index is -0.383. The average Bonchev–Trinajstić information content (AvgIpc) is 3.69. The molecule has 6 rings (SSSR count). The van der Waals surface area contributed by atoms with Crippen LogP contribution in [0.5, 0.6) is 11.5 Å². The van der Waals surface area contributed by atoms with Gasteiger partial charge in [0.1, 0.15) is 18.1 Å². The van der Waals surface area contributed by atoms with E-state index in [0.29, 0.717) is 26.2 Å². The number of aromatic hydroxyl groups is 1. The van der Waals surface area contributed by atoms with Crippen molar-refractivity contribution in [2.45, 2.75) is 38.8 Å². The second-order valence-corrected chi connectivity index (χ2v) is 11.9. The summed E-state index contributed by atoms with van der Waals surface area (Å²) in [7, 11) is 0. The number of allylic oxidation sites excluding steroid dienone is 1. The number of likely N-dealkylation sites (tertiary alicyclic amines) is 1. The molecule has 2 aliphatic heterocycles. The third-order valence-electron chi connectivity index (χ3n) is 8.29. The normalized spacial score (nSPS) is 24.4. The number of thiophene rings is 1. The second-order valence-electron chi connectivity index (χ2n) is 10.9. The molecule has 1 aromatic heterocycles. The van der Waals surface area contributed by atoms with Crippen LogP contribution in [0.25, 0.3) is 6.08 Å². The summed E-state index contributed by atoms with van der Waals surface area (Å²) >= 11 is 1.56. The fraction of sp³-hybridized carbons (Fsp3) is 0.333. The highest BCUT2D eigenvalue weighted by molar-refractivity contribution is 7.09. The third-order valence-corrected chi connectivity index (χ3v) is 9.15. The van der Waals surface area contributed by atoms with Crippen molar-refractivity contribution < 1.29 is 24.2 Å². The lowest BCUT2D eigenvalue weighted by atomic mass is 9.69. The number of phenols is 1. The zero-order valence-corrected chi connectivity index (χ0v) is 23.3. The summed E-state index contributed by atoms with van der Waals surface area (Å²) in [6, 6.07) is 20.9. The smallest absolute Gasteiger partial charge is 0.234 e. The fourth-order valence-electron chi connectivity index (χ4n) is 6.38. The van der Waals surface area contributed by atoms with E-state index in [1.807, 2.05) is 72.1 Å². The Bertz CT molecular complexity index is 1440. The fourth-order valence-corrected chi connectivity index (χ4v) is 7.07. The number of carbonyl (C=O) groups is 2. The van der Waals surface area contributed by atoms with Crippen LogP contribution in [-0.4, -0.2) is 41.1 Å². The molecule has 0 radical (unpaired) electrons. The van der Waals surface area contributed by atoms with E-state index < -0.39 is 0 Å². The van der Waals surface area contributed by atoms with Crippen LogP contribution >= 0.6 is 11.3 Å². The van der Waals surface area contributed by atoms with Crippen LogP contribution in [0.3, 0.4) is 0 Å². The first-order chi connectivity index (χ1) is 19.5. The van der Waals surface area contributed by atoms with Gasteiger partial charge in [0.2, 0.25) is 11.8 Å². The molecular formula is C33H33NO5S. The van der Waals surface area contributed by atoms with Gasteiger partial charge in [-0.25, -0.2) is 0 Å². The molecule has 3 aliphatic rings. The number of rotatable bonds is 9. The Morgan fingerprint density at radius 3 is 2.62 bits per heavy atom. The van der Waals surface area contributed by atoms with Gasteiger partial charge in [0.15, 0.2) is 0 Å². The number of phenolic OH excluding ortho intramolecular Hbond substituents is 1. The van der Waals surface area contributed by atoms with Crippen molar-refractivity contribution in [3.05, 3.63) is 99.3 Å². The Hall–Kier alpha value is -3.68. The molecular weight excluding hydrogens is 522 g/mol. The molecule has 7 heteroatoms. The highest BCUT2D eigenvalue weighted by atomic mass is 32.1. The van der Waals surface area contributed by atoms with Crippen LogP contribution in [0.4, 0.5) is 0 Å². The van der Waals surface area contributed by atoms with E-state index in [0.717, 1.165) is 45.8 Å². The summed E-state index contributed by atoms with van der Waals surface area (Å²) in [5.74, 6) is 0.00597. The number of hydrogen-bond acceptors (Lipinski definition) is 6. The number of para-hydroxylation sites is 2. The van der Waals surface area contributed by atoms with Gasteiger partial charge >= 0.3 is 0 Å². The average molecular weight is 556 g/mol. The summed E-state index contributed by atoms with van der Waals surface area (Å²) in [6.45, 7) is 3.20. The molecule has 206 valence electrons. The minimum Gasteiger partial charge on any atom is -0.507 e. The van der Waals surface area contributed by atoms with Crippen molar-refractivity contribution in [1.82, 2.24) is 4.90 Å². The molecule has 0 saturated carbocycles. The van der Waals surface area contributed by atoms with Crippen LogP contribution < -0.4 is 4.74 Å². The Morgan fingerprint density at radius 1 is 1.05 bits per heavy atom. The first-order valence-electron chi connectivity index (χ1n) is 13.8. The molecule has 3 heterocycles. The number of hydrogen-bond donors (Lipinski definition) is 1. The molecule has 0 bridgehead atoms. The number of fused-ring (bicyclic) bond motifs is 3. The number of carbonyl (C=O) groups excluding carboxylic acids is 2. The number of benzene rings is 2. The van der Waals surface area contributed by atoms with Crippen LogP contribution in [0.1, 0.15) is 36.6 Å². The molecule has 1 aliphatic carbocycles. The lowest BCUT2D eigenvalue weighted by Gasteiger charge is -2.31. The van der Waals surface area contributed by atoms with Crippen LogP contribution in [-0.2, 0) is 20.9 Å². The van der Waals surface area contributed by atoms with Crippen molar-refractivity contribution in [3.8, 4) is 11.5 Å². The topological polar surface area (TPSA) is 76.1 Å². The monoisotopic (exact) mass is 555 g/mol. The number of amides is 2. The van der Waals surface area contributed by atoms with Crippen molar-refractivity contribution in [1.29, 1.82) is 0 Å². The van der Waals surface area contributed by atoms with Gasteiger partial charge in [0, 0.05) is 16.4 Å². The second kappa shape index (κ2) is 11.4. The Morgan fingerprint density at radius 2 is 1.85 bits per heavy atom. The van der Waals surface area contributed by atoms with Gasteiger partial charge in [-0.15, -0.1) is 11.3 Å². The minimum absolute atomic E-state index is 0.0752. The van der Waals surface area contributed by atoms with E-state index in [9.17, 15) is 14.7 Å². The molecule has 0 unspecified atom stereocenters. The molecule has 2 saturated heterocycles. The summed E-state index contributed by atoms with van der Waals surface area (Å²) in [5, 5.41) is 12.1. The van der Waals surface area contributed by atoms with Gasteiger partial charge in [0.05, 0.1) is 31.1 Å². The Kier molecular flexibility index (Phi) is 7.59. The van der Waals surface area contributed by atoms with E-state index >= 15 is 0 Å². The lowest BCUT2D eigenvalue weighted by molar-refractivity contribution is -0.140. The van der Waals surface area contributed by atoms with Crippen molar-refractivity contribution in [3.63, 3.8) is 0 Å². The Balaban J connectivity index is 1.25. The molecule has 4 atom stereocenters. The quantitative estimate of drug-likeness (QED) is 0.250. The number of nitrogens with zero attached hydrogens (tertiary/aromatic N) is 1. The van der Waals surface area contributed by atoms with Gasteiger partial charge < -0.3 is 14.6 Å². The first-order valence-corrected chi connectivity index (χ1v) is 14.7. The largest absolute Gasteiger partial charge is 0.507 e. The van der Waals surface area contributed by atoms with Crippen LogP contribution in [0.15, 0.2) is 88.8 Å². The molecule has 2 aromatic carbocycles. The van der Waals surface area contributed by atoms with Gasteiger partial charge in [0.25, 0.3) is 0 Å². The standard InChI is InChI=1S/C33H33NO5S/c1-21(16-22-8-5-6-12-28(22)35)13-14-29-30-23(19-38-24-9-3-2-4-10-24)17-26-31(27(30)20-39-29)33(37)34(32(26)36)18-25-11-7-15-40-25/h2-12,15-16,26-27,29,31,35H,13-14,17-20H2,1H3/b21-16+/t26-,27+,29-,31-/m1/s1. The molecule has 3 aromatic rings. The SMILES string of the molecule is C/C(=C\c1ccccc1O)CC[C@H]1OC[C@H]2C1=C(COc1ccccc1)C[C@H]1C(=O)N(Cc3cccs3)C(=O)[C@H]12. The Labute approximate surface area is 238 Å². The van der Waals surface area contributed by atoms with Crippen molar-refractivity contribution in [2.24, 2.45) is 17.8 Å². The van der Waals surface area contributed by atoms with Gasteiger partial charge in [-0.2, -0.15) is 0 Å². The van der Waals surface area contributed by atoms with E-state index in [-0.39, 0.29) is 41.4 Å². The maximum atomic E-state index is 13.7. The maximum absolute atomic E-state index is 13.7. The van der Waals surface area contributed by atoms with Crippen molar-refractivity contribution in [2.75, 3.05) is 13.2 Å². The molecule has 2 fully saturated rings. The highest BCUT2D eigenvalue weighted by Crippen LogP contribution is 2.50. The lowest BCUT2D eigenvalue weighted by Crippen LogP contribution is -2.35. The summed E-state index contributed by atoms with van der Waals surface area (Å²) < 4.78 is 12.6. The molecule has 1 N–H and O–H groups in total. The number of imide groups is 1. The molecule has 2 amide bonds. The summed E-state index contributed by atoms with van der Waals surface area (Å²) in [6.07, 6.45) is 3.93. The summed E-state index contributed by atoms with van der Waals surface area (Å²) in [4.78, 5) is 29.7. The zero-order chi connectivity index (χ0) is 27.6. The first kappa shape index (κ1) is 26.5. The highest BCUT2D eigenvalue weighted by Gasteiger charge is 2.57. The summed E-state index contributed by atoms with van der Waals surface area (Å²) in [5.41, 5.74) is 4.16. The van der Waals surface area contributed by atoms with E-state index in [1.165, 1.54) is 4.90 Å².